The van der Waals surface area contributed by atoms with Crippen molar-refractivity contribution in [2.24, 2.45) is 5.73 Å². The smallest absolute Gasteiger partial charge is 0.176 e. The molecular formula is C28H28ClN5O3. The molecule has 8 nitrogen and oxygen atoms in total. The van der Waals surface area contributed by atoms with Crippen LogP contribution in [-0.2, 0) is 11.2 Å². The Hall–Kier alpha value is -3.88. The number of anilines is 3. The van der Waals surface area contributed by atoms with Gasteiger partial charge in [0, 0.05) is 37.1 Å². The van der Waals surface area contributed by atoms with E-state index in [-0.39, 0.29) is 16.8 Å². The van der Waals surface area contributed by atoms with Crippen LogP contribution in [0.15, 0.2) is 54.9 Å². The predicted octanol–water partition coefficient (Wildman–Crippen LogP) is 5.08. The van der Waals surface area contributed by atoms with Crippen molar-refractivity contribution in [1.82, 2.24) is 9.97 Å². The molecule has 1 atom stereocenters. The number of carbonyl (C=O) groups excluding carboxylic acids is 1. The van der Waals surface area contributed by atoms with Gasteiger partial charge in [-0.15, -0.1) is 0 Å². The lowest BCUT2D eigenvalue weighted by Crippen LogP contribution is -2.26. The van der Waals surface area contributed by atoms with E-state index in [1.54, 1.807) is 12.1 Å². The number of hydrogen-bond acceptors (Lipinski definition) is 8. The van der Waals surface area contributed by atoms with Crippen molar-refractivity contribution < 1.29 is 14.6 Å². The molecule has 0 aliphatic carbocycles. The number of aromatic hydroxyl groups is 1. The second kappa shape index (κ2) is 10.6. The first kappa shape index (κ1) is 24.8. The van der Waals surface area contributed by atoms with Crippen molar-refractivity contribution in [2.45, 2.75) is 25.3 Å². The zero-order chi connectivity index (χ0) is 25.9. The number of aldehydes is 1. The normalized spacial score (nSPS) is 15.2. The number of carbonyl (C=O) groups is 1. The molecule has 5 rings (SSSR count). The number of benzene rings is 2. The van der Waals surface area contributed by atoms with Crippen molar-refractivity contribution in [1.29, 1.82) is 0 Å². The maximum atomic E-state index is 11.1. The molecule has 37 heavy (non-hydrogen) atoms. The number of rotatable bonds is 8. The number of ether oxygens (including phenoxy) is 1. The molecule has 4 aromatic rings. The number of halogens is 1. The number of hydrogen-bond donors (Lipinski definition) is 3. The van der Waals surface area contributed by atoms with Crippen molar-refractivity contribution in [3.8, 4) is 22.6 Å². The van der Waals surface area contributed by atoms with Gasteiger partial charge in [0.1, 0.15) is 12.1 Å². The van der Waals surface area contributed by atoms with Crippen LogP contribution in [0, 0.1) is 0 Å². The average Bonchev–Trinajstić information content (AvgIpc) is 3.36. The molecule has 9 heteroatoms. The van der Waals surface area contributed by atoms with Crippen molar-refractivity contribution in [3.05, 3.63) is 65.4 Å². The Bertz CT molecular complexity index is 1440. The van der Waals surface area contributed by atoms with Crippen LogP contribution in [0.25, 0.3) is 22.0 Å². The molecule has 0 radical (unpaired) electrons. The van der Waals surface area contributed by atoms with Gasteiger partial charge in [-0.2, -0.15) is 0 Å². The van der Waals surface area contributed by atoms with Crippen molar-refractivity contribution in [3.63, 3.8) is 0 Å². The summed E-state index contributed by atoms with van der Waals surface area (Å²) in [6.45, 7) is 1.71. The van der Waals surface area contributed by atoms with E-state index in [0.29, 0.717) is 18.6 Å². The summed E-state index contributed by atoms with van der Waals surface area (Å²) in [5.74, 6) is 1.10. The van der Waals surface area contributed by atoms with Gasteiger partial charge in [0.05, 0.1) is 35.2 Å². The summed E-state index contributed by atoms with van der Waals surface area (Å²) in [5.41, 5.74) is 11.1. The fourth-order valence-electron chi connectivity index (χ4n) is 4.65. The maximum Gasteiger partial charge on any atom is 0.176 e. The molecular weight excluding hydrogens is 490 g/mol. The lowest BCUT2D eigenvalue weighted by molar-refractivity contribution is -0.107. The molecule has 1 aliphatic rings. The number of aromatic nitrogens is 2. The number of nitrogens with zero attached hydrogens (tertiary/aromatic N) is 3. The van der Waals surface area contributed by atoms with Crippen LogP contribution in [0.4, 0.5) is 17.2 Å². The zero-order valence-corrected chi connectivity index (χ0v) is 21.2. The van der Waals surface area contributed by atoms with Crippen LogP contribution in [-0.4, -0.2) is 47.6 Å². The highest BCUT2D eigenvalue weighted by Gasteiger charge is 2.20. The fraction of sp³-hybridized carbons (Fsp3) is 0.250. The summed E-state index contributed by atoms with van der Waals surface area (Å²) < 4.78 is 5.28. The molecule has 1 unspecified atom stereocenters. The Morgan fingerprint density at radius 1 is 1.19 bits per heavy atom. The molecule has 0 amide bonds. The van der Waals surface area contributed by atoms with E-state index in [0.717, 1.165) is 70.6 Å². The highest BCUT2D eigenvalue weighted by Crippen LogP contribution is 2.40. The summed E-state index contributed by atoms with van der Waals surface area (Å²) >= 11 is 6.25. The number of aryl methyl sites for hydroxylation is 1. The minimum atomic E-state index is -0.0965. The monoisotopic (exact) mass is 517 g/mol. The van der Waals surface area contributed by atoms with Crippen LogP contribution in [0.1, 0.15) is 18.4 Å². The Balaban J connectivity index is 1.55. The van der Waals surface area contributed by atoms with Gasteiger partial charge in [0.15, 0.2) is 11.5 Å². The van der Waals surface area contributed by atoms with Crippen molar-refractivity contribution >= 4 is 46.0 Å². The summed E-state index contributed by atoms with van der Waals surface area (Å²) in [5, 5.41) is 14.8. The second-order valence-corrected chi connectivity index (χ2v) is 9.54. The first-order valence-corrected chi connectivity index (χ1v) is 12.5. The number of phenols is 1. The third kappa shape index (κ3) is 5.16. The molecule has 1 fully saturated rings. The number of methoxy groups -OCH3 is 1. The van der Waals surface area contributed by atoms with Gasteiger partial charge in [-0.05, 0) is 65.9 Å². The molecule has 190 valence electrons. The largest absolute Gasteiger partial charge is 0.503 e. The number of pyridine rings is 2. The Morgan fingerprint density at radius 3 is 2.76 bits per heavy atom. The van der Waals surface area contributed by atoms with Crippen LogP contribution < -0.4 is 20.7 Å². The van der Waals surface area contributed by atoms with Gasteiger partial charge in [0.2, 0.25) is 0 Å². The average molecular weight is 518 g/mol. The van der Waals surface area contributed by atoms with Crippen LogP contribution in [0.2, 0.25) is 5.02 Å². The molecule has 1 aliphatic heterocycles. The number of phenolic OH excluding ortho intramolecular Hbond substituents is 1. The van der Waals surface area contributed by atoms with E-state index in [9.17, 15) is 9.90 Å². The van der Waals surface area contributed by atoms with Gasteiger partial charge in [0.25, 0.3) is 0 Å². The molecule has 2 aromatic carbocycles. The number of nitrogens with one attached hydrogen (secondary N) is 1. The number of nitrogens with two attached hydrogens (primary N) is 1. The minimum Gasteiger partial charge on any atom is -0.503 e. The molecule has 0 spiro atoms. The lowest BCUT2D eigenvalue weighted by atomic mass is 9.99. The van der Waals surface area contributed by atoms with E-state index in [1.165, 1.54) is 7.11 Å². The van der Waals surface area contributed by atoms with Crippen LogP contribution >= 0.6 is 11.6 Å². The Kier molecular flexibility index (Phi) is 7.12. The highest BCUT2D eigenvalue weighted by molar-refractivity contribution is 6.32. The van der Waals surface area contributed by atoms with Gasteiger partial charge < -0.3 is 30.6 Å². The third-order valence-corrected chi connectivity index (χ3v) is 6.91. The molecule has 0 saturated carbocycles. The Labute approximate surface area is 220 Å². The summed E-state index contributed by atoms with van der Waals surface area (Å²) in [4.78, 5) is 22.6. The molecule has 3 heterocycles. The van der Waals surface area contributed by atoms with Crippen LogP contribution in [0.3, 0.4) is 0 Å². The summed E-state index contributed by atoms with van der Waals surface area (Å²) in [6, 6.07) is 13.5. The van der Waals surface area contributed by atoms with Crippen molar-refractivity contribution in [2.75, 3.05) is 30.4 Å². The van der Waals surface area contributed by atoms with E-state index < -0.39 is 0 Å². The highest BCUT2D eigenvalue weighted by atomic mass is 35.5. The molecule has 4 N–H and O–H groups in total. The maximum absolute atomic E-state index is 11.1. The second-order valence-electron chi connectivity index (χ2n) is 9.13. The Morgan fingerprint density at radius 2 is 2.05 bits per heavy atom. The van der Waals surface area contributed by atoms with E-state index in [1.807, 2.05) is 42.7 Å². The first-order valence-electron chi connectivity index (χ1n) is 12.1. The van der Waals surface area contributed by atoms with Crippen LogP contribution in [0.5, 0.6) is 11.5 Å². The van der Waals surface area contributed by atoms with E-state index >= 15 is 0 Å². The predicted molar refractivity (Wildman–Crippen MR) is 147 cm³/mol. The van der Waals surface area contributed by atoms with E-state index in [2.05, 4.69) is 20.2 Å². The summed E-state index contributed by atoms with van der Waals surface area (Å²) in [7, 11) is 1.48. The zero-order valence-electron chi connectivity index (χ0n) is 20.4. The molecule has 2 aromatic heterocycles. The SMILES string of the molecule is COc1cc(-c2ccc3ncc(CCC=O)c(Nc4ccc(N5CCC(N)C5)nc4)c3c2)cc(Cl)c1O. The topological polar surface area (TPSA) is 114 Å². The first-order chi connectivity index (χ1) is 18.0. The minimum absolute atomic E-state index is 0.0965. The molecule has 0 bridgehead atoms. The molecule has 1 saturated heterocycles. The quantitative estimate of drug-likeness (QED) is 0.277. The lowest BCUT2D eigenvalue weighted by Gasteiger charge is -2.18. The fourth-order valence-corrected chi connectivity index (χ4v) is 4.86. The summed E-state index contributed by atoms with van der Waals surface area (Å²) in [6.07, 6.45) is 6.43. The van der Waals surface area contributed by atoms with Gasteiger partial charge in [-0.25, -0.2) is 4.98 Å². The van der Waals surface area contributed by atoms with Gasteiger partial charge >= 0.3 is 0 Å². The third-order valence-electron chi connectivity index (χ3n) is 6.63. The van der Waals surface area contributed by atoms with E-state index in [4.69, 9.17) is 22.1 Å². The van der Waals surface area contributed by atoms with Gasteiger partial charge in [-0.3, -0.25) is 4.98 Å². The number of fused-ring (bicyclic) bond motifs is 1. The standard InChI is InChI=1S/C28H28ClN5O3/c1-37-25-13-19(12-23(29)28(25)36)17-4-6-24-22(11-17)27(18(14-31-24)3-2-10-35)33-21-5-7-26(32-15-21)34-9-8-20(30)16-34/h4-7,10-15,20,36H,2-3,8-9,16,30H2,1H3,(H,31,33). The van der Waals surface area contributed by atoms with Gasteiger partial charge in [-0.1, -0.05) is 17.7 Å².